The number of nitrogens with one attached hydrogen (secondary N) is 1. The molecule has 38 heavy (non-hydrogen) atoms. The van der Waals surface area contributed by atoms with E-state index in [1.165, 1.54) is 18.9 Å². The van der Waals surface area contributed by atoms with E-state index in [9.17, 15) is 31.9 Å². The maximum absolute atomic E-state index is 13.6. The fourth-order valence-corrected chi connectivity index (χ4v) is 3.85. The van der Waals surface area contributed by atoms with Gasteiger partial charge < -0.3 is 4.74 Å². The Labute approximate surface area is 216 Å². The van der Waals surface area contributed by atoms with Gasteiger partial charge in [0.25, 0.3) is 11.8 Å². The maximum Gasteiger partial charge on any atom is 0.417 e. The van der Waals surface area contributed by atoms with E-state index in [-0.39, 0.29) is 6.07 Å². The lowest BCUT2D eigenvalue weighted by Gasteiger charge is -2.35. The van der Waals surface area contributed by atoms with E-state index in [1.54, 1.807) is 61.5 Å². The summed E-state index contributed by atoms with van der Waals surface area (Å²) in [6, 6.07) is 16.6. The molecular formula is C27H25F4N3O4. The number of hydrogen-bond donors (Lipinski definition) is 1. The first-order valence-corrected chi connectivity index (χ1v) is 11.3. The molecular weight excluding hydrogens is 506 g/mol. The Morgan fingerprint density at radius 2 is 1.47 bits per heavy atom. The Hall–Kier alpha value is -4.41. The van der Waals surface area contributed by atoms with Crippen LogP contribution in [0.1, 0.15) is 34.0 Å². The summed E-state index contributed by atoms with van der Waals surface area (Å²) in [4.78, 5) is 40.7. The van der Waals surface area contributed by atoms with Crippen LogP contribution in [0, 0.1) is 12.7 Å². The molecule has 3 amide bonds. The standard InChI is InChI=1S/C27H25F4N3O4/c1-17-10-8-9-13-21(17)26(2,38-25(37)33(3)19-11-6-5-7-12-19)24(36)34(4)32-23(35)20-15-14-18(28)16-22(20)27(29,30)31/h5-16H,1-4H3,(H,32,35). The van der Waals surface area contributed by atoms with Crippen molar-refractivity contribution in [1.82, 2.24) is 10.4 Å². The molecule has 0 spiro atoms. The molecule has 1 unspecified atom stereocenters. The van der Waals surface area contributed by atoms with Crippen LogP contribution in [0.3, 0.4) is 0 Å². The molecule has 1 atom stereocenters. The molecule has 11 heteroatoms. The van der Waals surface area contributed by atoms with Crippen LogP contribution in [0.25, 0.3) is 0 Å². The molecule has 3 aromatic rings. The summed E-state index contributed by atoms with van der Waals surface area (Å²) in [5, 5.41) is 0.633. The van der Waals surface area contributed by atoms with Crippen molar-refractivity contribution < 1.29 is 36.7 Å². The molecule has 1 N–H and O–H groups in total. The Morgan fingerprint density at radius 1 is 0.868 bits per heavy atom. The van der Waals surface area contributed by atoms with Gasteiger partial charge >= 0.3 is 12.3 Å². The van der Waals surface area contributed by atoms with E-state index in [2.05, 4.69) is 5.43 Å². The fourth-order valence-electron chi connectivity index (χ4n) is 3.85. The van der Waals surface area contributed by atoms with Crippen molar-refractivity contribution in [2.24, 2.45) is 0 Å². The number of benzene rings is 3. The average molecular weight is 532 g/mol. The van der Waals surface area contributed by atoms with Crippen molar-refractivity contribution >= 4 is 23.6 Å². The monoisotopic (exact) mass is 531 g/mol. The molecule has 3 rings (SSSR count). The number of carbonyl (C=O) groups is 3. The fraction of sp³-hybridized carbons (Fsp3) is 0.222. The van der Waals surface area contributed by atoms with Gasteiger partial charge in [-0.15, -0.1) is 0 Å². The summed E-state index contributed by atoms with van der Waals surface area (Å²) >= 11 is 0. The molecule has 0 aliphatic carbocycles. The lowest BCUT2D eigenvalue weighted by Crippen LogP contribution is -2.54. The van der Waals surface area contributed by atoms with E-state index in [4.69, 9.17) is 4.74 Å². The Balaban J connectivity index is 1.94. The molecule has 0 saturated carbocycles. The molecule has 0 aliphatic heterocycles. The Bertz CT molecular complexity index is 1350. The highest BCUT2D eigenvalue weighted by molar-refractivity contribution is 5.98. The van der Waals surface area contributed by atoms with Crippen molar-refractivity contribution in [2.45, 2.75) is 25.6 Å². The number of ether oxygens (including phenoxy) is 1. The van der Waals surface area contributed by atoms with E-state index >= 15 is 0 Å². The van der Waals surface area contributed by atoms with E-state index < -0.39 is 46.6 Å². The molecule has 0 fully saturated rings. The number of hydrazine groups is 1. The number of aryl methyl sites for hydroxylation is 1. The number of nitrogens with zero attached hydrogens (tertiary/aromatic N) is 2. The predicted octanol–water partition coefficient (Wildman–Crippen LogP) is 5.44. The molecule has 0 saturated heterocycles. The van der Waals surface area contributed by atoms with Crippen LogP contribution in [0.4, 0.5) is 28.0 Å². The van der Waals surface area contributed by atoms with Gasteiger partial charge in [-0.2, -0.15) is 13.2 Å². The summed E-state index contributed by atoms with van der Waals surface area (Å²) in [5.74, 6) is -3.45. The quantitative estimate of drug-likeness (QED) is 0.351. The number of halogens is 4. The second kappa shape index (κ2) is 10.9. The highest BCUT2D eigenvalue weighted by Crippen LogP contribution is 2.34. The average Bonchev–Trinajstić information content (AvgIpc) is 2.87. The number of para-hydroxylation sites is 1. The highest BCUT2D eigenvalue weighted by Gasteiger charge is 2.44. The number of amides is 3. The minimum Gasteiger partial charge on any atom is -0.428 e. The third-order valence-corrected chi connectivity index (χ3v) is 5.88. The molecule has 0 heterocycles. The van der Waals surface area contributed by atoms with Gasteiger partial charge in [-0.1, -0.05) is 42.5 Å². The molecule has 0 radical (unpaired) electrons. The van der Waals surface area contributed by atoms with Gasteiger partial charge in [0.2, 0.25) is 5.60 Å². The van der Waals surface area contributed by atoms with Crippen LogP contribution in [0.5, 0.6) is 0 Å². The van der Waals surface area contributed by atoms with E-state index in [0.717, 1.165) is 7.05 Å². The summed E-state index contributed by atoms with van der Waals surface area (Å²) in [6.45, 7) is 3.00. The van der Waals surface area contributed by atoms with Crippen molar-refractivity contribution in [3.63, 3.8) is 0 Å². The second-order valence-electron chi connectivity index (χ2n) is 8.60. The molecule has 200 valence electrons. The maximum atomic E-state index is 13.6. The molecule has 7 nitrogen and oxygen atoms in total. The van der Waals surface area contributed by atoms with Gasteiger partial charge in [-0.25, -0.2) is 9.18 Å². The first-order chi connectivity index (χ1) is 17.8. The summed E-state index contributed by atoms with van der Waals surface area (Å²) in [7, 11) is 2.54. The molecule has 0 aliphatic rings. The van der Waals surface area contributed by atoms with Crippen LogP contribution in [0.2, 0.25) is 0 Å². The van der Waals surface area contributed by atoms with Gasteiger partial charge in [0.05, 0.1) is 11.1 Å². The third kappa shape index (κ3) is 5.93. The lowest BCUT2D eigenvalue weighted by atomic mass is 9.90. The van der Waals surface area contributed by atoms with Crippen molar-refractivity contribution in [1.29, 1.82) is 0 Å². The summed E-state index contributed by atoms with van der Waals surface area (Å²) in [5.41, 5.74) is -0.969. The van der Waals surface area contributed by atoms with Gasteiger partial charge in [0.1, 0.15) is 5.82 Å². The first kappa shape index (κ1) is 28.2. The minimum atomic E-state index is -5.02. The van der Waals surface area contributed by atoms with Crippen molar-refractivity contribution in [2.75, 3.05) is 19.0 Å². The van der Waals surface area contributed by atoms with Crippen LogP contribution in [-0.2, 0) is 21.3 Å². The summed E-state index contributed by atoms with van der Waals surface area (Å²) in [6.07, 6.45) is -5.92. The largest absolute Gasteiger partial charge is 0.428 e. The predicted molar refractivity (Wildman–Crippen MR) is 131 cm³/mol. The lowest BCUT2D eigenvalue weighted by molar-refractivity contribution is -0.151. The van der Waals surface area contributed by atoms with Crippen molar-refractivity contribution in [3.05, 3.63) is 101 Å². The topological polar surface area (TPSA) is 79.0 Å². The van der Waals surface area contributed by atoms with E-state index in [1.807, 2.05) is 0 Å². The van der Waals surface area contributed by atoms with Gasteiger partial charge in [0.15, 0.2) is 0 Å². The zero-order valence-electron chi connectivity index (χ0n) is 21.0. The Morgan fingerprint density at radius 3 is 2.08 bits per heavy atom. The van der Waals surface area contributed by atoms with Crippen LogP contribution < -0.4 is 10.3 Å². The summed E-state index contributed by atoms with van der Waals surface area (Å²) < 4.78 is 59.4. The van der Waals surface area contributed by atoms with Gasteiger partial charge in [-0.05, 0) is 49.7 Å². The smallest absolute Gasteiger partial charge is 0.417 e. The number of carbonyl (C=O) groups excluding carboxylic acids is 3. The SMILES string of the molecule is Cc1ccccc1C(C)(OC(=O)N(C)c1ccccc1)C(=O)N(C)NC(=O)c1ccc(F)cc1C(F)(F)F. The first-order valence-electron chi connectivity index (χ1n) is 11.3. The molecule has 0 aromatic heterocycles. The van der Waals surface area contributed by atoms with Crippen LogP contribution in [0.15, 0.2) is 72.8 Å². The number of alkyl halides is 3. The number of rotatable bonds is 5. The van der Waals surface area contributed by atoms with E-state index in [0.29, 0.717) is 34.0 Å². The van der Waals surface area contributed by atoms with Crippen LogP contribution in [-0.4, -0.2) is 37.0 Å². The zero-order valence-corrected chi connectivity index (χ0v) is 21.0. The Kier molecular flexibility index (Phi) is 8.09. The number of anilines is 1. The van der Waals surface area contributed by atoms with Gasteiger partial charge in [-0.3, -0.25) is 24.9 Å². The number of likely N-dealkylation sites (N-methyl/N-ethyl adjacent to an activating group) is 1. The van der Waals surface area contributed by atoms with Crippen LogP contribution >= 0.6 is 0 Å². The zero-order chi connectivity index (χ0) is 28.3. The third-order valence-electron chi connectivity index (χ3n) is 5.88. The highest BCUT2D eigenvalue weighted by atomic mass is 19.4. The minimum absolute atomic E-state index is 0.190. The molecule has 0 bridgehead atoms. The van der Waals surface area contributed by atoms with Crippen molar-refractivity contribution in [3.8, 4) is 0 Å². The van der Waals surface area contributed by atoms with Gasteiger partial charge in [0, 0.05) is 25.3 Å². The molecule has 3 aromatic carbocycles. The second-order valence-corrected chi connectivity index (χ2v) is 8.60. The number of hydrogen-bond acceptors (Lipinski definition) is 4. The normalized spacial score (nSPS) is 12.7.